The zero-order valence-corrected chi connectivity index (χ0v) is 19.1. The summed E-state index contributed by atoms with van der Waals surface area (Å²) in [5, 5.41) is 17.1. The molecular formula is C24H13N7OPt. The van der Waals surface area contributed by atoms with Crippen molar-refractivity contribution < 1.29 is 25.8 Å². The van der Waals surface area contributed by atoms with E-state index in [9.17, 15) is 0 Å². The van der Waals surface area contributed by atoms with Gasteiger partial charge in [-0.25, -0.2) is 21.1 Å². The number of hydrogen-bond donors (Lipinski definition) is 0. The van der Waals surface area contributed by atoms with Gasteiger partial charge in [-0.05, 0) is 23.0 Å². The van der Waals surface area contributed by atoms with E-state index >= 15 is 0 Å². The molecule has 3 aromatic carbocycles. The third kappa shape index (κ3) is 3.85. The Bertz CT molecular complexity index is 1560. The van der Waals surface area contributed by atoms with Gasteiger partial charge in [0.25, 0.3) is 0 Å². The largest absolute Gasteiger partial charge is 2.00 e. The van der Waals surface area contributed by atoms with Gasteiger partial charge in [0, 0.05) is 23.7 Å². The molecule has 0 saturated heterocycles. The van der Waals surface area contributed by atoms with Crippen LogP contribution in [0.3, 0.4) is 0 Å². The molecule has 9 heteroatoms. The first-order valence-corrected chi connectivity index (χ1v) is 9.81. The molecule has 3 aromatic heterocycles. The van der Waals surface area contributed by atoms with Crippen molar-refractivity contribution in [2.75, 3.05) is 0 Å². The number of para-hydroxylation sites is 1. The minimum absolute atomic E-state index is 0. The molecule has 0 aliphatic carbocycles. The van der Waals surface area contributed by atoms with Crippen LogP contribution in [0.1, 0.15) is 0 Å². The van der Waals surface area contributed by atoms with Crippen LogP contribution >= 0.6 is 0 Å². The summed E-state index contributed by atoms with van der Waals surface area (Å²) < 4.78 is 7.64. The fraction of sp³-hybridized carbons (Fsp3) is 0. The molecule has 0 unspecified atom stereocenters. The van der Waals surface area contributed by atoms with Gasteiger partial charge in [-0.2, -0.15) is 24.3 Å². The summed E-state index contributed by atoms with van der Waals surface area (Å²) in [6, 6.07) is 26.5. The summed E-state index contributed by atoms with van der Waals surface area (Å²) in [6.07, 6.45) is 4.71. The van der Waals surface area contributed by atoms with E-state index in [1.165, 1.54) is 6.33 Å². The molecule has 160 valence electrons. The van der Waals surface area contributed by atoms with Gasteiger partial charge < -0.3 is 4.74 Å². The van der Waals surface area contributed by atoms with Crippen LogP contribution in [-0.4, -0.2) is 34.9 Å². The van der Waals surface area contributed by atoms with Crippen molar-refractivity contribution in [2.45, 2.75) is 0 Å². The van der Waals surface area contributed by atoms with Gasteiger partial charge in [0.05, 0.1) is 0 Å². The number of hydrogen-bond acceptors (Lipinski definition) is 7. The van der Waals surface area contributed by atoms with Crippen molar-refractivity contribution >= 4 is 21.8 Å². The van der Waals surface area contributed by atoms with Crippen LogP contribution in [0.4, 0.5) is 0 Å². The van der Waals surface area contributed by atoms with Crippen LogP contribution in [0.5, 0.6) is 11.8 Å². The van der Waals surface area contributed by atoms with E-state index < -0.39 is 0 Å². The van der Waals surface area contributed by atoms with Gasteiger partial charge in [0.2, 0.25) is 5.95 Å². The van der Waals surface area contributed by atoms with Gasteiger partial charge in [0.1, 0.15) is 0 Å². The summed E-state index contributed by atoms with van der Waals surface area (Å²) in [4.78, 5) is 8.93. The molecule has 0 radical (unpaired) electrons. The van der Waals surface area contributed by atoms with E-state index in [4.69, 9.17) is 4.74 Å². The van der Waals surface area contributed by atoms with Crippen molar-refractivity contribution in [2.24, 2.45) is 0 Å². The molecule has 0 aliphatic heterocycles. The Kier molecular flexibility index (Phi) is 5.58. The van der Waals surface area contributed by atoms with Crippen molar-refractivity contribution in [3.05, 3.63) is 91.5 Å². The smallest absolute Gasteiger partial charge is 0.443 e. The van der Waals surface area contributed by atoms with E-state index in [2.05, 4.69) is 60.7 Å². The number of rotatable bonds is 4. The van der Waals surface area contributed by atoms with Crippen molar-refractivity contribution in [3.63, 3.8) is 0 Å². The second-order valence-corrected chi connectivity index (χ2v) is 6.90. The normalized spacial score (nSPS) is 10.8. The Labute approximate surface area is 202 Å². The quantitative estimate of drug-likeness (QED) is 0.276. The molecule has 6 aromatic rings. The molecule has 6 rings (SSSR count). The number of aromatic nitrogens is 7. The Morgan fingerprint density at radius 2 is 1.52 bits per heavy atom. The Morgan fingerprint density at radius 3 is 2.36 bits per heavy atom. The fourth-order valence-corrected chi connectivity index (χ4v) is 3.66. The molecule has 33 heavy (non-hydrogen) atoms. The molecule has 0 bridgehead atoms. The van der Waals surface area contributed by atoms with E-state index in [0.29, 0.717) is 11.7 Å². The summed E-state index contributed by atoms with van der Waals surface area (Å²) >= 11 is 0. The average Bonchev–Trinajstić information content (AvgIpc) is 3.19. The monoisotopic (exact) mass is 610 g/mol. The van der Waals surface area contributed by atoms with Gasteiger partial charge in [-0.1, -0.05) is 33.8 Å². The SMILES string of the molecule is [Pt+2].[c-]1c(Oc2nncnn2)cccc1-c1[c-]c2c(cc1)c1ccccc1n2-c1ncccn1. The molecule has 0 spiro atoms. The summed E-state index contributed by atoms with van der Waals surface area (Å²) in [6.45, 7) is 0. The number of benzene rings is 3. The maximum Gasteiger partial charge on any atom is 2.00 e. The van der Waals surface area contributed by atoms with Gasteiger partial charge in [-0.3, -0.25) is 4.57 Å². The Balaban J connectivity index is 0.00000228. The molecule has 8 nitrogen and oxygen atoms in total. The summed E-state index contributed by atoms with van der Waals surface area (Å²) in [7, 11) is 0. The fourth-order valence-electron chi connectivity index (χ4n) is 3.66. The second kappa shape index (κ2) is 8.84. The maximum atomic E-state index is 5.63. The molecule has 0 fully saturated rings. The summed E-state index contributed by atoms with van der Waals surface area (Å²) in [5.41, 5.74) is 3.57. The Morgan fingerprint density at radius 1 is 0.727 bits per heavy atom. The van der Waals surface area contributed by atoms with Crippen LogP contribution in [0.25, 0.3) is 38.9 Å². The Hall–Kier alpha value is -4.03. The van der Waals surface area contributed by atoms with Crippen molar-refractivity contribution in [3.8, 4) is 28.8 Å². The van der Waals surface area contributed by atoms with E-state index in [0.717, 1.165) is 32.9 Å². The van der Waals surface area contributed by atoms with E-state index in [1.807, 2.05) is 34.9 Å². The molecule has 0 amide bonds. The van der Waals surface area contributed by atoms with Crippen LogP contribution in [0.2, 0.25) is 0 Å². The first-order chi connectivity index (χ1) is 15.9. The minimum Gasteiger partial charge on any atom is -0.443 e. The van der Waals surface area contributed by atoms with Crippen LogP contribution in [-0.2, 0) is 21.1 Å². The third-order valence-electron chi connectivity index (χ3n) is 4.99. The van der Waals surface area contributed by atoms with Gasteiger partial charge >= 0.3 is 27.1 Å². The number of fused-ring (bicyclic) bond motifs is 3. The molecular weight excluding hydrogens is 597 g/mol. The van der Waals surface area contributed by atoms with Crippen LogP contribution < -0.4 is 4.74 Å². The molecule has 3 heterocycles. The standard InChI is InChI=1S/C24H13N7O.Pt/c1-2-8-21-19(7-1)20-10-9-17(14-22(20)31(21)23-25-11-4-12-26-23)16-5-3-6-18(13-16)32-24-29-27-15-28-30-24;/h1-12,15H;/q-2;+2. The zero-order chi connectivity index (χ0) is 21.3. The van der Waals surface area contributed by atoms with Gasteiger partial charge in [0.15, 0.2) is 6.33 Å². The average molecular weight is 610 g/mol. The predicted octanol–water partition coefficient (Wildman–Crippen LogP) is 4.21. The first-order valence-electron chi connectivity index (χ1n) is 9.81. The molecule has 0 aliphatic rings. The third-order valence-corrected chi connectivity index (χ3v) is 4.99. The van der Waals surface area contributed by atoms with E-state index in [-0.39, 0.29) is 27.1 Å². The maximum absolute atomic E-state index is 5.63. The van der Waals surface area contributed by atoms with Crippen molar-refractivity contribution in [1.82, 2.24) is 34.9 Å². The van der Waals surface area contributed by atoms with Gasteiger partial charge in [-0.15, -0.1) is 28.4 Å². The number of ether oxygens (including phenoxy) is 1. The van der Waals surface area contributed by atoms with Crippen LogP contribution in [0.15, 0.2) is 79.4 Å². The topological polar surface area (TPSA) is 91.5 Å². The molecule has 0 atom stereocenters. The summed E-state index contributed by atoms with van der Waals surface area (Å²) in [5.74, 6) is 1.05. The van der Waals surface area contributed by atoms with E-state index in [1.54, 1.807) is 24.5 Å². The predicted molar refractivity (Wildman–Crippen MR) is 117 cm³/mol. The number of nitrogens with zero attached hydrogens (tertiary/aromatic N) is 7. The zero-order valence-electron chi connectivity index (χ0n) is 16.9. The first kappa shape index (κ1) is 20.8. The molecule has 0 saturated carbocycles. The van der Waals surface area contributed by atoms with Crippen molar-refractivity contribution in [1.29, 1.82) is 0 Å². The second-order valence-electron chi connectivity index (χ2n) is 6.90. The molecule has 0 N–H and O–H groups in total. The van der Waals surface area contributed by atoms with Crippen LogP contribution in [0, 0.1) is 12.1 Å². The minimum atomic E-state index is 0.